The summed E-state index contributed by atoms with van der Waals surface area (Å²) in [5, 5.41) is 17.5. The maximum absolute atomic E-state index is 11.9. The van der Waals surface area contributed by atoms with E-state index in [0.29, 0.717) is 17.2 Å². The molecule has 286 valence electrons. The van der Waals surface area contributed by atoms with E-state index < -0.39 is 18.1 Å². The first kappa shape index (κ1) is 37.8. The Morgan fingerprint density at radius 2 is 0.912 bits per heavy atom. The first-order valence-corrected chi connectivity index (χ1v) is 18.5. The number of fused-ring (bicyclic) bond motifs is 2. The molecule has 0 spiro atoms. The van der Waals surface area contributed by atoms with Gasteiger partial charge in [-0.25, -0.2) is 4.79 Å². The molecule has 2 aromatic heterocycles. The molecule has 57 heavy (non-hydrogen) atoms. The number of aliphatic carboxylic acids is 1. The van der Waals surface area contributed by atoms with Gasteiger partial charge in [-0.1, -0.05) is 97.1 Å². The number of benzene rings is 6. The smallest absolute Gasteiger partial charge is 0.327 e. The Kier molecular flexibility index (Phi) is 11.5. The molecular formula is C47H42N4O6. The average Bonchev–Trinajstić information content (AvgIpc) is 3.88. The lowest BCUT2D eigenvalue weighted by Gasteiger charge is -2.15. The van der Waals surface area contributed by atoms with Gasteiger partial charge in [-0.3, -0.25) is 4.79 Å². The Balaban J connectivity index is 0.000000174. The second-order valence-electron chi connectivity index (χ2n) is 13.4. The fourth-order valence-electron chi connectivity index (χ4n) is 6.34. The van der Waals surface area contributed by atoms with Crippen LogP contribution < -0.4 is 20.1 Å². The maximum atomic E-state index is 11.9. The van der Waals surface area contributed by atoms with E-state index in [4.69, 9.17) is 14.2 Å². The van der Waals surface area contributed by atoms with Crippen LogP contribution in [0.5, 0.6) is 23.0 Å². The lowest BCUT2D eigenvalue weighted by Crippen LogP contribution is -2.27. The minimum absolute atomic E-state index is 0.331. The van der Waals surface area contributed by atoms with Crippen molar-refractivity contribution in [2.45, 2.75) is 25.9 Å². The second-order valence-corrected chi connectivity index (χ2v) is 13.4. The van der Waals surface area contributed by atoms with Crippen LogP contribution in [0.1, 0.15) is 13.8 Å². The Labute approximate surface area is 330 Å². The van der Waals surface area contributed by atoms with Crippen molar-refractivity contribution in [2.75, 3.05) is 17.7 Å². The number of carbonyl (C=O) groups is 2. The van der Waals surface area contributed by atoms with Crippen LogP contribution in [0.25, 0.3) is 44.3 Å². The number of anilines is 2. The monoisotopic (exact) mass is 758 g/mol. The molecule has 0 aliphatic carbocycles. The van der Waals surface area contributed by atoms with Gasteiger partial charge >= 0.3 is 11.9 Å². The molecule has 0 aliphatic heterocycles. The zero-order chi connectivity index (χ0) is 39.7. The highest BCUT2D eigenvalue weighted by molar-refractivity contribution is 5.98. The minimum atomic E-state index is -0.919. The molecule has 2 unspecified atom stereocenters. The molecule has 0 saturated carbocycles. The summed E-state index contributed by atoms with van der Waals surface area (Å²) in [5.74, 6) is 1.54. The van der Waals surface area contributed by atoms with Crippen LogP contribution >= 0.6 is 0 Å². The minimum Gasteiger partial charge on any atom is -0.480 e. The van der Waals surface area contributed by atoms with Gasteiger partial charge in [0.05, 0.1) is 29.5 Å². The summed E-state index contributed by atoms with van der Waals surface area (Å²) in [6, 6.07) is 49.7. The number of methoxy groups -OCH3 is 1. The number of rotatable bonds is 12. The number of carboxylic acid groups (broad SMARTS) is 1. The Morgan fingerprint density at radius 1 is 0.526 bits per heavy atom. The van der Waals surface area contributed by atoms with E-state index in [1.54, 1.807) is 13.8 Å². The van der Waals surface area contributed by atoms with Crippen LogP contribution in [0.15, 0.2) is 158 Å². The van der Waals surface area contributed by atoms with Gasteiger partial charge in [0, 0.05) is 34.3 Å². The zero-order valence-electron chi connectivity index (χ0n) is 31.7. The summed E-state index contributed by atoms with van der Waals surface area (Å²) in [6.07, 6.45) is 0. The molecule has 0 bridgehead atoms. The fourth-order valence-corrected chi connectivity index (χ4v) is 6.34. The van der Waals surface area contributed by atoms with Gasteiger partial charge in [0.1, 0.15) is 35.1 Å². The third kappa shape index (κ3) is 9.26. The summed E-state index contributed by atoms with van der Waals surface area (Å²) in [5.41, 5.74) is 7.29. The number of aromatic amines is 2. The number of para-hydroxylation sites is 2. The van der Waals surface area contributed by atoms with E-state index in [0.717, 1.165) is 61.5 Å². The van der Waals surface area contributed by atoms with Crippen LogP contribution in [0, 0.1) is 0 Å². The van der Waals surface area contributed by atoms with Crippen LogP contribution in [-0.4, -0.2) is 46.2 Å². The number of hydrogen-bond acceptors (Lipinski definition) is 7. The van der Waals surface area contributed by atoms with Crippen molar-refractivity contribution in [3.8, 4) is 45.5 Å². The van der Waals surface area contributed by atoms with Crippen molar-refractivity contribution in [3.63, 3.8) is 0 Å². The zero-order valence-corrected chi connectivity index (χ0v) is 31.7. The number of aromatic nitrogens is 2. The number of hydrogen-bond donors (Lipinski definition) is 5. The van der Waals surface area contributed by atoms with Crippen molar-refractivity contribution in [3.05, 3.63) is 158 Å². The lowest BCUT2D eigenvalue weighted by molar-refractivity contribution is -0.141. The van der Waals surface area contributed by atoms with Crippen LogP contribution in [0.3, 0.4) is 0 Å². The molecule has 0 amide bonds. The molecule has 2 heterocycles. The van der Waals surface area contributed by atoms with Gasteiger partial charge in [0.2, 0.25) is 0 Å². The quantitative estimate of drug-likeness (QED) is 0.0777. The van der Waals surface area contributed by atoms with E-state index >= 15 is 0 Å². The van der Waals surface area contributed by atoms with E-state index in [9.17, 15) is 14.7 Å². The first-order valence-electron chi connectivity index (χ1n) is 18.5. The Bertz CT molecular complexity index is 2590. The summed E-state index contributed by atoms with van der Waals surface area (Å²) in [4.78, 5) is 30.1. The highest BCUT2D eigenvalue weighted by Gasteiger charge is 2.18. The summed E-state index contributed by atoms with van der Waals surface area (Å²) >= 11 is 0. The SMILES string of the molecule is CC(Nc1cc(Oc2ccccc2)cc2cc(-c3ccccc3)[nH]c12)C(=O)O.COC(=O)C(C)Nc1cc(Oc2ccccc2)cc2cc(-c3ccccc3)[nH]c12. The van der Waals surface area contributed by atoms with Gasteiger partial charge in [-0.05, 0) is 73.5 Å². The first-order chi connectivity index (χ1) is 27.7. The number of carbonyl (C=O) groups excluding carboxylic acids is 1. The third-order valence-corrected chi connectivity index (χ3v) is 9.20. The van der Waals surface area contributed by atoms with Crippen LogP contribution in [0.4, 0.5) is 11.4 Å². The molecular weight excluding hydrogens is 717 g/mol. The van der Waals surface area contributed by atoms with E-state index in [2.05, 4.69) is 38.8 Å². The molecule has 8 aromatic rings. The molecule has 6 aromatic carbocycles. The number of ether oxygens (including phenoxy) is 3. The van der Waals surface area contributed by atoms with Crippen molar-refractivity contribution >= 4 is 45.1 Å². The Hall–Kier alpha value is -7.46. The van der Waals surface area contributed by atoms with Gasteiger partial charge in [-0.15, -0.1) is 0 Å². The predicted octanol–water partition coefficient (Wildman–Crippen LogP) is 11.1. The highest BCUT2D eigenvalue weighted by atomic mass is 16.5. The van der Waals surface area contributed by atoms with Gasteiger partial charge in [0.25, 0.3) is 0 Å². The molecule has 0 saturated heterocycles. The molecule has 10 heteroatoms. The van der Waals surface area contributed by atoms with Crippen molar-refractivity contribution in [1.29, 1.82) is 0 Å². The van der Waals surface area contributed by atoms with E-state index in [1.165, 1.54) is 7.11 Å². The predicted molar refractivity (Wildman–Crippen MR) is 226 cm³/mol. The largest absolute Gasteiger partial charge is 0.480 e. The van der Waals surface area contributed by atoms with Gasteiger partial charge in [-0.2, -0.15) is 0 Å². The standard InChI is InChI=1S/C24H22N2O3.C23H20N2O3/c1-16(24(27)28-2)25-22-15-20(29-19-11-7-4-8-12-19)13-18-14-21(26-23(18)22)17-9-5-3-6-10-17;1-15(23(26)27)24-21-14-19(28-18-10-6-3-7-11-18)12-17-13-20(25-22(17)21)16-8-4-2-5-9-16/h3-16,25-26H,1-2H3;2-15,24-25H,1H3,(H,26,27). The molecule has 10 nitrogen and oxygen atoms in total. The molecule has 0 aliphatic rings. The number of H-pyrrole nitrogens is 2. The lowest BCUT2D eigenvalue weighted by atomic mass is 10.1. The summed E-state index contributed by atoms with van der Waals surface area (Å²) in [6.45, 7) is 3.38. The summed E-state index contributed by atoms with van der Waals surface area (Å²) < 4.78 is 16.9. The molecule has 2 atom stereocenters. The number of carboxylic acids is 1. The number of nitrogens with one attached hydrogen (secondary N) is 4. The maximum Gasteiger partial charge on any atom is 0.327 e. The molecule has 0 fully saturated rings. The fraction of sp³-hybridized carbons (Fsp3) is 0.106. The summed E-state index contributed by atoms with van der Waals surface area (Å²) in [7, 11) is 1.38. The molecule has 8 rings (SSSR count). The second kappa shape index (κ2) is 17.3. The molecule has 0 radical (unpaired) electrons. The van der Waals surface area contributed by atoms with Crippen molar-refractivity contribution in [2.24, 2.45) is 0 Å². The van der Waals surface area contributed by atoms with E-state index in [1.807, 2.05) is 140 Å². The molecule has 5 N–H and O–H groups in total. The van der Waals surface area contributed by atoms with Crippen molar-refractivity contribution < 1.29 is 28.9 Å². The van der Waals surface area contributed by atoms with Crippen molar-refractivity contribution in [1.82, 2.24) is 9.97 Å². The Morgan fingerprint density at radius 3 is 1.30 bits per heavy atom. The topological polar surface area (TPSA) is 138 Å². The average molecular weight is 759 g/mol. The van der Waals surface area contributed by atoms with E-state index in [-0.39, 0.29) is 5.97 Å². The highest BCUT2D eigenvalue weighted by Crippen LogP contribution is 2.36. The number of esters is 1. The normalized spacial score (nSPS) is 11.8. The third-order valence-electron chi connectivity index (χ3n) is 9.20. The van der Waals surface area contributed by atoms with Gasteiger partial charge < -0.3 is 39.9 Å². The van der Waals surface area contributed by atoms with Gasteiger partial charge in [0.15, 0.2) is 0 Å². The van der Waals surface area contributed by atoms with Crippen LogP contribution in [0.2, 0.25) is 0 Å². The van der Waals surface area contributed by atoms with Crippen LogP contribution in [-0.2, 0) is 14.3 Å².